The minimum atomic E-state index is -1.21. The zero-order chi connectivity index (χ0) is 24.9. The minimum absolute atomic E-state index is 0.0139. The van der Waals surface area contributed by atoms with Gasteiger partial charge in [-0.3, -0.25) is 14.5 Å². The SMILES string of the molecule is CON=C(C(=O)NC1C(=O)N2C(C(=O)O)=C([n+]3ccc4cc(C)sc4c3)SCC12)c1csc(N)c1. The van der Waals surface area contributed by atoms with Crippen LogP contribution in [0, 0.1) is 6.92 Å². The first-order valence-electron chi connectivity index (χ1n) is 10.4. The number of nitrogens with zero attached hydrogens (tertiary/aromatic N) is 3. The number of thiophene rings is 2. The van der Waals surface area contributed by atoms with E-state index < -0.39 is 29.9 Å². The summed E-state index contributed by atoms with van der Waals surface area (Å²) in [5, 5.41) is 20.2. The second kappa shape index (κ2) is 8.98. The molecule has 2 aliphatic rings. The molecule has 0 saturated carbocycles. The van der Waals surface area contributed by atoms with Gasteiger partial charge in [0, 0.05) is 33.0 Å². The van der Waals surface area contributed by atoms with Gasteiger partial charge >= 0.3 is 5.97 Å². The maximum Gasteiger partial charge on any atom is 0.360 e. The second-order valence-corrected chi connectivity index (χ2v) is 11.1. The number of aryl methyl sites for hydroxylation is 1. The van der Waals surface area contributed by atoms with E-state index in [0.717, 1.165) is 15.0 Å². The normalized spacial score (nSPS) is 20.0. The van der Waals surface area contributed by atoms with Crippen LogP contribution in [0.3, 0.4) is 0 Å². The van der Waals surface area contributed by atoms with Crippen molar-refractivity contribution in [3.05, 3.63) is 52.1 Å². The van der Waals surface area contributed by atoms with Gasteiger partial charge in [-0.25, -0.2) is 4.79 Å². The Bertz CT molecular complexity index is 1440. The molecule has 0 aliphatic carbocycles. The summed E-state index contributed by atoms with van der Waals surface area (Å²) >= 11 is 4.19. The van der Waals surface area contributed by atoms with Gasteiger partial charge < -0.3 is 21.0 Å². The number of rotatable bonds is 6. The molecule has 2 aliphatic heterocycles. The van der Waals surface area contributed by atoms with Crippen LogP contribution >= 0.6 is 34.4 Å². The summed E-state index contributed by atoms with van der Waals surface area (Å²) in [7, 11) is 1.31. The molecule has 5 heterocycles. The average Bonchev–Trinajstić information content (AvgIpc) is 3.43. The molecular formula is C22H20N5O5S3+. The molecule has 3 aromatic heterocycles. The first kappa shape index (κ1) is 23.3. The molecule has 180 valence electrons. The number of anilines is 1. The number of amides is 2. The summed E-state index contributed by atoms with van der Waals surface area (Å²) in [5.41, 5.74) is 6.12. The van der Waals surface area contributed by atoms with Crippen molar-refractivity contribution in [2.75, 3.05) is 18.6 Å². The molecule has 1 saturated heterocycles. The van der Waals surface area contributed by atoms with E-state index in [1.165, 1.54) is 35.1 Å². The van der Waals surface area contributed by atoms with Gasteiger partial charge in [-0.1, -0.05) is 16.9 Å². The molecule has 3 aromatic rings. The number of carbonyl (C=O) groups is 3. The molecule has 4 N–H and O–H groups in total. The topological polar surface area (TPSA) is 138 Å². The molecule has 13 heteroatoms. The third-order valence-electron chi connectivity index (χ3n) is 5.65. The van der Waals surface area contributed by atoms with Gasteiger partial charge in [-0.15, -0.1) is 22.7 Å². The van der Waals surface area contributed by atoms with Crippen molar-refractivity contribution < 1.29 is 28.9 Å². The molecule has 0 aromatic carbocycles. The summed E-state index contributed by atoms with van der Waals surface area (Å²) in [5.74, 6) is -1.89. The Morgan fingerprint density at radius 3 is 2.86 bits per heavy atom. The van der Waals surface area contributed by atoms with Crippen LogP contribution in [0.2, 0.25) is 0 Å². The van der Waals surface area contributed by atoms with E-state index in [9.17, 15) is 19.5 Å². The fourth-order valence-corrected chi connectivity index (χ4v) is 6.96. The molecule has 0 spiro atoms. The van der Waals surface area contributed by atoms with E-state index in [2.05, 4.69) is 16.5 Å². The van der Waals surface area contributed by atoms with Crippen molar-refractivity contribution in [3.8, 4) is 0 Å². The summed E-state index contributed by atoms with van der Waals surface area (Å²) in [6.45, 7) is 2.01. The molecule has 0 bridgehead atoms. The number of pyridine rings is 1. The molecule has 5 rings (SSSR count). The van der Waals surface area contributed by atoms with Crippen molar-refractivity contribution in [2.24, 2.45) is 5.16 Å². The Hall–Kier alpha value is -3.42. The Kier molecular flexibility index (Phi) is 5.99. The van der Waals surface area contributed by atoms with E-state index in [-0.39, 0.29) is 11.4 Å². The molecule has 35 heavy (non-hydrogen) atoms. The monoisotopic (exact) mass is 530 g/mol. The Morgan fingerprint density at radius 1 is 1.37 bits per heavy atom. The number of hydrogen-bond acceptors (Lipinski definition) is 9. The van der Waals surface area contributed by atoms with E-state index in [4.69, 9.17) is 10.6 Å². The predicted octanol–water partition coefficient (Wildman–Crippen LogP) is 1.84. The number of fused-ring (bicyclic) bond motifs is 2. The van der Waals surface area contributed by atoms with Crippen LogP contribution in [0.5, 0.6) is 0 Å². The Labute approximate surface area is 211 Å². The predicted molar refractivity (Wildman–Crippen MR) is 135 cm³/mol. The van der Waals surface area contributed by atoms with Crippen LogP contribution in [0.15, 0.2) is 46.8 Å². The Morgan fingerprint density at radius 2 is 2.17 bits per heavy atom. The van der Waals surface area contributed by atoms with Crippen molar-refractivity contribution in [2.45, 2.75) is 19.0 Å². The molecular weight excluding hydrogens is 510 g/mol. The summed E-state index contributed by atoms with van der Waals surface area (Å²) < 4.78 is 2.76. The summed E-state index contributed by atoms with van der Waals surface area (Å²) in [4.78, 5) is 45.4. The number of aliphatic carboxylic acids is 1. The highest BCUT2D eigenvalue weighted by molar-refractivity contribution is 8.07. The van der Waals surface area contributed by atoms with E-state index in [0.29, 0.717) is 21.3 Å². The standard InChI is InChI=1S/C22H19N5O5S3/c1-10-5-11-3-4-26(7-14(11)35-10)21-18(22(30)31)27-13(9-34-21)17(20(27)29)24-19(28)16(25-32-2)12-6-15(23)33-8-12/h3-8,13,17H,9,23H2,1-2H3,(H-,24,28,30,31)/p+1. The molecule has 10 nitrogen and oxygen atoms in total. The number of nitrogen functional groups attached to an aromatic ring is 1. The number of carbonyl (C=O) groups excluding carboxylic acids is 2. The van der Waals surface area contributed by atoms with Crippen LogP contribution in [-0.4, -0.2) is 58.4 Å². The first-order chi connectivity index (χ1) is 16.8. The van der Waals surface area contributed by atoms with Gasteiger partial charge in [0.15, 0.2) is 18.1 Å². The Balaban J connectivity index is 1.42. The number of nitrogens with one attached hydrogen (secondary N) is 1. The highest BCUT2D eigenvalue weighted by Crippen LogP contribution is 2.39. The highest BCUT2D eigenvalue weighted by atomic mass is 32.2. The maximum absolute atomic E-state index is 13.1. The summed E-state index contributed by atoms with van der Waals surface area (Å²) in [6, 6.07) is 4.20. The number of thioether (sulfide) groups is 1. The fraction of sp³-hybridized carbons (Fsp3) is 0.227. The lowest BCUT2D eigenvalue weighted by Crippen LogP contribution is -2.73. The van der Waals surface area contributed by atoms with E-state index in [1.807, 2.05) is 19.2 Å². The summed E-state index contributed by atoms with van der Waals surface area (Å²) in [6.07, 6.45) is 3.67. The van der Waals surface area contributed by atoms with Crippen LogP contribution in [-0.2, 0) is 19.2 Å². The quantitative estimate of drug-likeness (QED) is 0.191. The molecule has 0 radical (unpaired) electrons. The fourth-order valence-electron chi connectivity index (χ4n) is 4.12. The van der Waals surface area contributed by atoms with Gasteiger partial charge in [0.25, 0.3) is 16.8 Å². The van der Waals surface area contributed by atoms with Crippen LogP contribution < -0.4 is 15.6 Å². The molecule has 1 fully saturated rings. The largest absolute Gasteiger partial charge is 0.476 e. The third kappa shape index (κ3) is 4.05. The number of hydrogen-bond donors (Lipinski definition) is 3. The maximum atomic E-state index is 13.1. The van der Waals surface area contributed by atoms with Gasteiger partial charge in [-0.05, 0) is 19.1 Å². The van der Waals surface area contributed by atoms with Gasteiger partial charge in [0.05, 0.1) is 15.7 Å². The lowest BCUT2D eigenvalue weighted by molar-refractivity contribution is -0.572. The van der Waals surface area contributed by atoms with Crippen LogP contribution in [0.4, 0.5) is 5.00 Å². The number of carboxylic acids is 1. The molecule has 2 amide bonds. The van der Waals surface area contributed by atoms with Gasteiger partial charge in [-0.2, -0.15) is 4.57 Å². The van der Waals surface area contributed by atoms with Crippen LogP contribution in [0.25, 0.3) is 15.1 Å². The van der Waals surface area contributed by atoms with E-state index in [1.54, 1.807) is 33.5 Å². The second-order valence-electron chi connectivity index (χ2n) is 7.89. The van der Waals surface area contributed by atoms with Crippen molar-refractivity contribution in [3.63, 3.8) is 0 Å². The van der Waals surface area contributed by atoms with Crippen molar-refractivity contribution in [1.29, 1.82) is 0 Å². The number of oxime groups is 1. The number of carboxylic acid groups (broad SMARTS) is 1. The average molecular weight is 531 g/mol. The lowest BCUT2D eigenvalue weighted by Gasteiger charge is -2.48. The zero-order valence-corrected chi connectivity index (χ0v) is 21.0. The molecule has 2 unspecified atom stereocenters. The molecule has 2 atom stereocenters. The number of β-lactam (4-membered cyclic amide) rings is 1. The van der Waals surface area contributed by atoms with Crippen molar-refractivity contribution >= 4 is 78.0 Å². The van der Waals surface area contributed by atoms with Gasteiger partial charge in [0.1, 0.15) is 13.2 Å². The highest BCUT2D eigenvalue weighted by Gasteiger charge is 2.56. The van der Waals surface area contributed by atoms with Crippen molar-refractivity contribution in [1.82, 2.24) is 10.2 Å². The number of nitrogens with two attached hydrogens (primary N) is 1. The third-order valence-corrected chi connectivity index (χ3v) is 8.60. The smallest absolute Gasteiger partial charge is 0.360 e. The van der Waals surface area contributed by atoms with Crippen LogP contribution in [0.1, 0.15) is 10.4 Å². The first-order valence-corrected chi connectivity index (χ1v) is 13.1. The lowest BCUT2D eigenvalue weighted by atomic mass is 9.94. The van der Waals surface area contributed by atoms with Gasteiger partial charge in [0.2, 0.25) is 5.70 Å². The van der Waals surface area contributed by atoms with E-state index >= 15 is 0 Å². The zero-order valence-electron chi connectivity index (χ0n) is 18.5. The number of aromatic nitrogens is 1. The minimum Gasteiger partial charge on any atom is -0.476 e.